The Labute approximate surface area is 108 Å². The van der Waals surface area contributed by atoms with Crippen LogP contribution in [0.3, 0.4) is 0 Å². The average Bonchev–Trinajstić information content (AvgIpc) is 2.35. The van der Waals surface area contributed by atoms with E-state index in [4.69, 9.17) is 4.74 Å². The lowest BCUT2D eigenvalue weighted by Crippen LogP contribution is -2.42. The molecule has 18 heavy (non-hydrogen) atoms. The highest BCUT2D eigenvalue weighted by Crippen LogP contribution is 2.13. The predicted octanol–water partition coefficient (Wildman–Crippen LogP) is 1.68. The number of ether oxygens (including phenoxy) is 1. The molecule has 0 fully saturated rings. The fourth-order valence-corrected chi connectivity index (χ4v) is 1.70. The molecule has 0 radical (unpaired) electrons. The molecule has 2 unspecified atom stereocenters. The quantitative estimate of drug-likeness (QED) is 0.837. The van der Waals surface area contributed by atoms with Gasteiger partial charge in [0.1, 0.15) is 5.75 Å². The summed E-state index contributed by atoms with van der Waals surface area (Å²) >= 11 is 0. The minimum atomic E-state index is -0.534. The van der Waals surface area contributed by atoms with Gasteiger partial charge in [0.05, 0.1) is 6.10 Å². The van der Waals surface area contributed by atoms with Crippen molar-refractivity contribution in [3.63, 3.8) is 0 Å². The summed E-state index contributed by atoms with van der Waals surface area (Å²) in [6.07, 6.45) is -0.443. The molecule has 0 bridgehead atoms. The van der Waals surface area contributed by atoms with E-state index in [2.05, 4.69) is 0 Å². The number of carbonyl (C=O) groups excluding carboxylic acids is 1. The third-order valence-electron chi connectivity index (χ3n) is 2.58. The number of hydrogen-bond donors (Lipinski definition) is 1. The van der Waals surface area contributed by atoms with Gasteiger partial charge in [-0.1, -0.05) is 25.1 Å². The van der Waals surface area contributed by atoms with Crippen molar-refractivity contribution in [2.45, 2.75) is 32.5 Å². The molecule has 2 atom stereocenters. The number of para-hydroxylation sites is 1. The van der Waals surface area contributed by atoms with Crippen LogP contribution in [0.5, 0.6) is 5.75 Å². The van der Waals surface area contributed by atoms with E-state index < -0.39 is 12.2 Å². The molecule has 4 heteroatoms. The van der Waals surface area contributed by atoms with E-state index in [0.717, 1.165) is 0 Å². The highest BCUT2D eigenvalue weighted by Gasteiger charge is 2.22. The molecule has 1 N–H and O–H groups in total. The maximum Gasteiger partial charge on any atom is 0.263 e. The molecule has 0 aliphatic heterocycles. The number of hydrogen-bond acceptors (Lipinski definition) is 3. The molecule has 0 saturated carbocycles. The van der Waals surface area contributed by atoms with Crippen molar-refractivity contribution in [1.82, 2.24) is 4.90 Å². The number of likely N-dealkylation sites (N-methyl/N-ethyl adjacent to an activating group) is 1. The zero-order valence-corrected chi connectivity index (χ0v) is 11.2. The van der Waals surface area contributed by atoms with Crippen LogP contribution in [0.1, 0.15) is 20.3 Å². The monoisotopic (exact) mass is 251 g/mol. The van der Waals surface area contributed by atoms with Crippen LogP contribution >= 0.6 is 0 Å². The summed E-state index contributed by atoms with van der Waals surface area (Å²) in [6.45, 7) is 3.87. The Morgan fingerprint density at radius 1 is 1.39 bits per heavy atom. The summed E-state index contributed by atoms with van der Waals surface area (Å²) in [5, 5.41) is 9.28. The maximum atomic E-state index is 12.1. The minimum Gasteiger partial charge on any atom is -0.481 e. The van der Waals surface area contributed by atoms with Crippen LogP contribution in [-0.2, 0) is 4.79 Å². The Balaban J connectivity index is 2.63. The fraction of sp³-hybridized carbons (Fsp3) is 0.500. The van der Waals surface area contributed by atoms with Crippen LogP contribution < -0.4 is 4.74 Å². The number of rotatable bonds is 6. The van der Waals surface area contributed by atoms with Gasteiger partial charge in [-0.2, -0.15) is 0 Å². The first-order valence-corrected chi connectivity index (χ1v) is 6.19. The van der Waals surface area contributed by atoms with E-state index >= 15 is 0 Å². The van der Waals surface area contributed by atoms with E-state index in [1.165, 1.54) is 4.90 Å². The molecule has 4 nitrogen and oxygen atoms in total. The predicted molar refractivity (Wildman–Crippen MR) is 70.5 cm³/mol. The second-order valence-corrected chi connectivity index (χ2v) is 4.40. The maximum absolute atomic E-state index is 12.1. The Bertz CT molecular complexity index is 365. The number of nitrogens with zero attached hydrogens (tertiary/aromatic N) is 1. The SMILES string of the molecule is CCC(Oc1ccccc1)C(=O)N(C)CC(C)O. The second kappa shape index (κ2) is 7.01. The third kappa shape index (κ3) is 4.37. The van der Waals surface area contributed by atoms with Crippen LogP contribution in [0, 0.1) is 0 Å². The van der Waals surface area contributed by atoms with Crippen LogP contribution in [0.2, 0.25) is 0 Å². The zero-order valence-electron chi connectivity index (χ0n) is 11.2. The molecule has 1 aromatic rings. The molecule has 0 aromatic heterocycles. The molecule has 0 aliphatic carbocycles. The Morgan fingerprint density at radius 3 is 2.50 bits per heavy atom. The lowest BCUT2D eigenvalue weighted by molar-refractivity contribution is -0.138. The Morgan fingerprint density at radius 2 is 2.00 bits per heavy atom. The molecular weight excluding hydrogens is 230 g/mol. The highest BCUT2D eigenvalue weighted by molar-refractivity contribution is 5.81. The molecule has 0 aliphatic rings. The van der Waals surface area contributed by atoms with Gasteiger partial charge >= 0.3 is 0 Å². The van der Waals surface area contributed by atoms with Crippen molar-refractivity contribution >= 4 is 5.91 Å². The van der Waals surface area contributed by atoms with Crippen molar-refractivity contribution < 1.29 is 14.6 Å². The summed E-state index contributed by atoms with van der Waals surface area (Å²) in [5.74, 6) is 0.574. The largest absolute Gasteiger partial charge is 0.481 e. The van der Waals surface area contributed by atoms with E-state index in [9.17, 15) is 9.90 Å². The van der Waals surface area contributed by atoms with Crippen LogP contribution in [0.25, 0.3) is 0 Å². The smallest absolute Gasteiger partial charge is 0.263 e. The first-order chi connectivity index (χ1) is 8.54. The normalized spacial score (nSPS) is 13.8. The van der Waals surface area contributed by atoms with Gasteiger partial charge in [0.15, 0.2) is 6.10 Å². The Kier molecular flexibility index (Phi) is 5.65. The first-order valence-electron chi connectivity index (χ1n) is 6.19. The zero-order chi connectivity index (χ0) is 13.5. The van der Waals surface area contributed by atoms with Gasteiger partial charge in [0.25, 0.3) is 5.91 Å². The van der Waals surface area contributed by atoms with Gasteiger partial charge in [-0.3, -0.25) is 4.79 Å². The lowest BCUT2D eigenvalue weighted by Gasteiger charge is -2.24. The van der Waals surface area contributed by atoms with E-state index in [1.807, 2.05) is 37.3 Å². The van der Waals surface area contributed by atoms with Crippen molar-refractivity contribution in [1.29, 1.82) is 0 Å². The van der Waals surface area contributed by atoms with Gasteiger partial charge in [-0.25, -0.2) is 0 Å². The van der Waals surface area contributed by atoms with Crippen LogP contribution in [0.4, 0.5) is 0 Å². The number of aliphatic hydroxyl groups is 1. The molecule has 1 aromatic carbocycles. The van der Waals surface area contributed by atoms with Gasteiger partial charge < -0.3 is 14.7 Å². The van der Waals surface area contributed by atoms with E-state index in [0.29, 0.717) is 18.7 Å². The summed E-state index contributed by atoms with van der Waals surface area (Å²) in [7, 11) is 1.67. The molecule has 1 rings (SSSR count). The number of aliphatic hydroxyl groups excluding tert-OH is 1. The van der Waals surface area contributed by atoms with Crippen LogP contribution in [-0.4, -0.2) is 41.7 Å². The van der Waals surface area contributed by atoms with Gasteiger partial charge in [-0.15, -0.1) is 0 Å². The molecule has 0 spiro atoms. The fourth-order valence-electron chi connectivity index (χ4n) is 1.70. The molecular formula is C14H21NO3. The average molecular weight is 251 g/mol. The molecule has 100 valence electrons. The third-order valence-corrected chi connectivity index (χ3v) is 2.58. The van der Waals surface area contributed by atoms with E-state index in [1.54, 1.807) is 14.0 Å². The van der Waals surface area contributed by atoms with Crippen molar-refractivity contribution in [2.24, 2.45) is 0 Å². The molecule has 0 saturated heterocycles. The first kappa shape index (κ1) is 14.5. The summed E-state index contributed by atoms with van der Waals surface area (Å²) in [5.41, 5.74) is 0. The van der Waals surface area contributed by atoms with Crippen LogP contribution in [0.15, 0.2) is 30.3 Å². The minimum absolute atomic E-state index is 0.109. The molecule has 0 heterocycles. The Hall–Kier alpha value is -1.55. The van der Waals surface area contributed by atoms with Gasteiger partial charge in [0, 0.05) is 13.6 Å². The lowest BCUT2D eigenvalue weighted by atomic mass is 10.2. The second-order valence-electron chi connectivity index (χ2n) is 4.40. The number of carbonyl (C=O) groups is 1. The van der Waals surface area contributed by atoms with Gasteiger partial charge in [0.2, 0.25) is 0 Å². The summed E-state index contributed by atoms with van der Waals surface area (Å²) < 4.78 is 5.66. The van der Waals surface area contributed by atoms with Crippen molar-refractivity contribution in [3.05, 3.63) is 30.3 Å². The summed E-state index contributed by atoms with van der Waals surface area (Å²) in [6, 6.07) is 9.28. The molecule has 1 amide bonds. The van der Waals surface area contributed by atoms with Crippen molar-refractivity contribution in [2.75, 3.05) is 13.6 Å². The number of amides is 1. The summed E-state index contributed by atoms with van der Waals surface area (Å²) in [4.78, 5) is 13.6. The standard InChI is InChI=1S/C14H21NO3/c1-4-13(14(17)15(3)10-11(2)16)18-12-8-6-5-7-9-12/h5-9,11,13,16H,4,10H2,1-3H3. The van der Waals surface area contributed by atoms with E-state index in [-0.39, 0.29) is 5.91 Å². The topological polar surface area (TPSA) is 49.8 Å². The van der Waals surface area contributed by atoms with Crippen molar-refractivity contribution in [3.8, 4) is 5.75 Å². The highest BCUT2D eigenvalue weighted by atomic mass is 16.5. The van der Waals surface area contributed by atoms with Gasteiger partial charge in [-0.05, 0) is 25.5 Å². The number of benzene rings is 1.